The van der Waals surface area contributed by atoms with Gasteiger partial charge in [0.05, 0.1) is 22.1 Å². The summed E-state index contributed by atoms with van der Waals surface area (Å²) in [4.78, 5) is 1.54. The summed E-state index contributed by atoms with van der Waals surface area (Å²) in [5.41, 5.74) is -0.0931. The topological polar surface area (TPSA) is 66.8 Å². The van der Waals surface area contributed by atoms with E-state index in [-0.39, 0.29) is 47.9 Å². The first-order valence-electron chi connectivity index (χ1n) is 11.9. The zero-order chi connectivity index (χ0) is 28.8. The quantitative estimate of drug-likeness (QED) is 0.205. The van der Waals surface area contributed by atoms with Crippen molar-refractivity contribution in [3.05, 3.63) is 93.5 Å². The number of benzene rings is 3. The minimum Gasteiger partial charge on any atom is -0.493 e. The van der Waals surface area contributed by atoms with E-state index in [0.717, 1.165) is 24.0 Å². The molecule has 0 spiro atoms. The van der Waals surface area contributed by atoms with Crippen molar-refractivity contribution in [2.24, 2.45) is 0 Å². The van der Waals surface area contributed by atoms with E-state index in [4.69, 9.17) is 21.4 Å². The van der Waals surface area contributed by atoms with Crippen LogP contribution in [0.1, 0.15) is 28.7 Å². The second-order valence-corrected chi connectivity index (χ2v) is 11.3. The highest BCUT2D eigenvalue weighted by atomic mass is 35.5. The van der Waals surface area contributed by atoms with Gasteiger partial charge in [0.2, 0.25) is 0 Å². The number of hydrogen-bond donors (Lipinski definition) is 1. The van der Waals surface area contributed by atoms with Crippen LogP contribution in [-0.2, 0) is 35.5 Å². The summed E-state index contributed by atoms with van der Waals surface area (Å²) in [5, 5.41) is 8.74. The Kier molecular flexibility index (Phi) is 10.3. The molecule has 0 aliphatic heterocycles. The molecule has 0 aliphatic rings. The number of rotatable bonds is 12. The lowest BCUT2D eigenvalue weighted by molar-refractivity contribution is -0.137. The molecular formula is C27H27ClF5NO4S. The predicted octanol–water partition coefficient (Wildman–Crippen LogP) is 6.05. The Morgan fingerprint density at radius 1 is 1.03 bits per heavy atom. The summed E-state index contributed by atoms with van der Waals surface area (Å²) in [7, 11) is -3.79. The fraction of sp³-hybridized carbons (Fsp3) is 0.333. The SMILES string of the molecule is CS(=O)(=O)c1cc(OCCCN(Cc2ccc(F)cc2)Cc2cccc(C(F)(F)F)c2Cl)cc(F)c1CCO. The average molecular weight is 592 g/mol. The van der Waals surface area contributed by atoms with Crippen molar-refractivity contribution in [2.45, 2.75) is 37.0 Å². The molecule has 212 valence electrons. The van der Waals surface area contributed by atoms with Gasteiger partial charge in [0, 0.05) is 44.1 Å². The highest BCUT2D eigenvalue weighted by Crippen LogP contribution is 2.36. The molecule has 1 N–H and O–H groups in total. The van der Waals surface area contributed by atoms with Crippen LogP contribution in [0.2, 0.25) is 5.02 Å². The Labute approximate surface area is 228 Å². The van der Waals surface area contributed by atoms with Crippen LogP contribution < -0.4 is 4.74 Å². The standard InChI is InChI=1S/C27H27ClF5NO4S/c1-39(36,37)25-15-21(14-24(30)22(25)10-12-35)38-13-3-11-34(16-18-6-8-20(29)9-7-18)17-19-4-2-5-23(26(19)28)27(31,32)33/h2,4-9,14-15,35H,3,10-13,16-17H2,1H3. The van der Waals surface area contributed by atoms with Crippen LogP contribution in [0.3, 0.4) is 0 Å². The third-order valence-electron chi connectivity index (χ3n) is 5.87. The molecule has 0 aromatic heterocycles. The number of halogens is 6. The van der Waals surface area contributed by atoms with Crippen LogP contribution in [0, 0.1) is 11.6 Å². The van der Waals surface area contributed by atoms with E-state index in [9.17, 15) is 30.4 Å². The molecular weight excluding hydrogens is 565 g/mol. The van der Waals surface area contributed by atoms with Gasteiger partial charge in [-0.2, -0.15) is 13.2 Å². The van der Waals surface area contributed by atoms with E-state index in [1.807, 2.05) is 4.90 Å². The molecule has 0 heterocycles. The molecule has 0 saturated heterocycles. The van der Waals surface area contributed by atoms with Crippen molar-refractivity contribution in [2.75, 3.05) is 26.0 Å². The Balaban J connectivity index is 1.75. The molecule has 0 unspecified atom stereocenters. The predicted molar refractivity (Wildman–Crippen MR) is 137 cm³/mol. The van der Waals surface area contributed by atoms with Crippen molar-refractivity contribution in [1.29, 1.82) is 0 Å². The zero-order valence-electron chi connectivity index (χ0n) is 20.9. The van der Waals surface area contributed by atoms with Gasteiger partial charge in [-0.05, 0) is 48.2 Å². The first kappa shape index (κ1) is 30.8. The lowest BCUT2D eigenvalue weighted by Gasteiger charge is -2.24. The van der Waals surface area contributed by atoms with Gasteiger partial charge < -0.3 is 9.84 Å². The summed E-state index contributed by atoms with van der Waals surface area (Å²) in [6.45, 7) is 0.254. The van der Waals surface area contributed by atoms with Gasteiger partial charge in [0.15, 0.2) is 9.84 Å². The van der Waals surface area contributed by atoms with Crippen LogP contribution in [0.4, 0.5) is 22.0 Å². The molecule has 0 aliphatic carbocycles. The third-order valence-corrected chi connectivity index (χ3v) is 7.48. The van der Waals surface area contributed by atoms with Gasteiger partial charge in [0.25, 0.3) is 0 Å². The van der Waals surface area contributed by atoms with Gasteiger partial charge in [-0.25, -0.2) is 17.2 Å². The van der Waals surface area contributed by atoms with Crippen molar-refractivity contribution < 1.29 is 40.2 Å². The van der Waals surface area contributed by atoms with E-state index >= 15 is 0 Å². The molecule has 3 aromatic carbocycles. The van der Waals surface area contributed by atoms with E-state index < -0.39 is 44.8 Å². The molecule has 5 nitrogen and oxygen atoms in total. The maximum Gasteiger partial charge on any atom is 0.417 e. The van der Waals surface area contributed by atoms with Crippen LogP contribution in [0.5, 0.6) is 5.75 Å². The normalized spacial score (nSPS) is 12.2. The number of aliphatic hydroxyl groups is 1. The lowest BCUT2D eigenvalue weighted by atomic mass is 10.1. The molecule has 0 bridgehead atoms. The first-order chi connectivity index (χ1) is 18.3. The average Bonchev–Trinajstić information content (AvgIpc) is 2.84. The number of aliphatic hydroxyl groups excluding tert-OH is 1. The van der Waals surface area contributed by atoms with Gasteiger partial charge in [-0.15, -0.1) is 0 Å². The number of sulfone groups is 1. The lowest BCUT2D eigenvalue weighted by Crippen LogP contribution is -2.26. The van der Waals surface area contributed by atoms with Crippen LogP contribution >= 0.6 is 11.6 Å². The fourth-order valence-corrected chi connectivity index (χ4v) is 5.33. The Morgan fingerprint density at radius 2 is 1.72 bits per heavy atom. The van der Waals surface area contributed by atoms with E-state index in [1.165, 1.54) is 30.3 Å². The highest BCUT2D eigenvalue weighted by Gasteiger charge is 2.34. The monoisotopic (exact) mass is 591 g/mol. The minimum atomic E-state index is -4.62. The maximum atomic E-state index is 14.5. The number of ether oxygens (including phenoxy) is 1. The molecule has 0 radical (unpaired) electrons. The number of nitrogens with zero attached hydrogens (tertiary/aromatic N) is 1. The maximum absolute atomic E-state index is 14.5. The summed E-state index contributed by atoms with van der Waals surface area (Å²) in [6, 6.07) is 11.6. The molecule has 3 aromatic rings. The van der Waals surface area contributed by atoms with E-state index in [0.29, 0.717) is 13.0 Å². The Hall–Kier alpha value is -2.73. The van der Waals surface area contributed by atoms with Gasteiger partial charge in [0.1, 0.15) is 17.4 Å². The van der Waals surface area contributed by atoms with Crippen molar-refractivity contribution >= 4 is 21.4 Å². The largest absolute Gasteiger partial charge is 0.493 e. The molecule has 39 heavy (non-hydrogen) atoms. The number of hydrogen-bond acceptors (Lipinski definition) is 5. The second kappa shape index (κ2) is 13.1. The molecule has 0 fully saturated rings. The van der Waals surface area contributed by atoms with E-state index in [1.54, 1.807) is 12.1 Å². The minimum absolute atomic E-state index is 0.0133. The Bertz CT molecular complexity index is 1380. The fourth-order valence-electron chi connectivity index (χ4n) is 4.06. The van der Waals surface area contributed by atoms with Crippen LogP contribution in [-0.4, -0.2) is 44.4 Å². The highest BCUT2D eigenvalue weighted by molar-refractivity contribution is 7.90. The van der Waals surface area contributed by atoms with Crippen LogP contribution in [0.15, 0.2) is 59.5 Å². The van der Waals surface area contributed by atoms with Gasteiger partial charge in [-0.1, -0.05) is 35.9 Å². The second-order valence-electron chi connectivity index (χ2n) is 8.94. The van der Waals surface area contributed by atoms with Crippen LogP contribution in [0.25, 0.3) is 0 Å². The van der Waals surface area contributed by atoms with Crippen molar-refractivity contribution in [3.8, 4) is 5.75 Å². The zero-order valence-corrected chi connectivity index (χ0v) is 22.5. The summed E-state index contributed by atoms with van der Waals surface area (Å²) < 4.78 is 97.7. The summed E-state index contributed by atoms with van der Waals surface area (Å²) in [5.74, 6) is -1.26. The molecule has 0 amide bonds. The van der Waals surface area contributed by atoms with Gasteiger partial charge in [-0.3, -0.25) is 4.90 Å². The summed E-state index contributed by atoms with van der Waals surface area (Å²) >= 11 is 6.08. The smallest absolute Gasteiger partial charge is 0.417 e. The molecule has 0 saturated carbocycles. The summed E-state index contributed by atoms with van der Waals surface area (Å²) in [6.07, 6.45) is -3.52. The Morgan fingerprint density at radius 3 is 2.33 bits per heavy atom. The third kappa shape index (κ3) is 8.63. The van der Waals surface area contributed by atoms with E-state index in [2.05, 4.69) is 0 Å². The van der Waals surface area contributed by atoms with Crippen molar-refractivity contribution in [1.82, 2.24) is 4.90 Å². The molecule has 3 rings (SSSR count). The number of alkyl halides is 3. The van der Waals surface area contributed by atoms with Crippen molar-refractivity contribution in [3.63, 3.8) is 0 Å². The van der Waals surface area contributed by atoms with Gasteiger partial charge >= 0.3 is 6.18 Å². The first-order valence-corrected chi connectivity index (χ1v) is 14.1. The molecule has 0 atom stereocenters. The molecule has 12 heteroatoms.